The highest BCUT2D eigenvalue weighted by Gasteiger charge is 2.47. The summed E-state index contributed by atoms with van der Waals surface area (Å²) in [5, 5.41) is 11.5. The normalized spacial score (nSPS) is 17.5. The first-order valence-electron chi connectivity index (χ1n) is 11.1. The number of rotatable bonds is 9. The van der Waals surface area contributed by atoms with Crippen molar-refractivity contribution in [2.24, 2.45) is 0 Å². The number of ketones is 1. The van der Waals surface area contributed by atoms with Crippen molar-refractivity contribution < 1.29 is 28.9 Å². The summed E-state index contributed by atoms with van der Waals surface area (Å²) in [5.74, 6) is -0.525. The number of aliphatic hydroxyl groups excluding tert-OH is 1. The summed E-state index contributed by atoms with van der Waals surface area (Å²) < 4.78 is 16.9. The number of hydrogen-bond donors (Lipinski definition) is 1. The van der Waals surface area contributed by atoms with Gasteiger partial charge >= 0.3 is 0 Å². The Morgan fingerprint density at radius 1 is 1.00 bits per heavy atom. The third kappa shape index (κ3) is 4.67. The molecule has 1 aliphatic heterocycles. The van der Waals surface area contributed by atoms with Crippen molar-refractivity contribution in [3.8, 4) is 17.2 Å². The molecule has 1 saturated heterocycles. The highest BCUT2D eigenvalue weighted by atomic mass is 16.5. The number of likely N-dealkylation sites (tertiary alicyclic amines) is 1. The van der Waals surface area contributed by atoms with Crippen molar-refractivity contribution in [2.45, 2.75) is 45.8 Å². The van der Waals surface area contributed by atoms with Gasteiger partial charge in [-0.2, -0.15) is 0 Å². The molecule has 33 heavy (non-hydrogen) atoms. The number of amides is 1. The minimum atomic E-state index is -0.805. The van der Waals surface area contributed by atoms with E-state index in [1.165, 1.54) is 19.1 Å². The highest BCUT2D eigenvalue weighted by molar-refractivity contribution is 6.46. The van der Waals surface area contributed by atoms with E-state index >= 15 is 0 Å². The Labute approximate surface area is 194 Å². The van der Waals surface area contributed by atoms with Crippen molar-refractivity contribution in [1.29, 1.82) is 0 Å². The molecule has 7 heteroatoms. The summed E-state index contributed by atoms with van der Waals surface area (Å²) in [6.07, 6.45) is 1.45. The average Bonchev–Trinajstić information content (AvgIpc) is 3.06. The Morgan fingerprint density at radius 3 is 2.18 bits per heavy atom. The van der Waals surface area contributed by atoms with E-state index in [1.54, 1.807) is 24.3 Å². The van der Waals surface area contributed by atoms with Crippen LogP contribution in [0.2, 0.25) is 0 Å². The minimum absolute atomic E-state index is 0.0151. The maximum atomic E-state index is 13.3. The monoisotopic (exact) mass is 453 g/mol. The van der Waals surface area contributed by atoms with Gasteiger partial charge in [-0.3, -0.25) is 9.59 Å². The molecule has 1 fully saturated rings. The first-order valence-corrected chi connectivity index (χ1v) is 11.1. The van der Waals surface area contributed by atoms with Crippen LogP contribution in [-0.4, -0.2) is 48.6 Å². The summed E-state index contributed by atoms with van der Waals surface area (Å²) in [7, 11) is 2.93. The number of Topliss-reactive ketones (excluding diaryl/α,β-unsaturated/α-hetero) is 1. The van der Waals surface area contributed by atoms with Crippen LogP contribution in [0.3, 0.4) is 0 Å². The van der Waals surface area contributed by atoms with E-state index in [-0.39, 0.29) is 23.0 Å². The molecule has 0 aromatic heterocycles. The van der Waals surface area contributed by atoms with Gasteiger partial charge in [-0.1, -0.05) is 37.6 Å². The number of unbranched alkanes of at least 4 members (excludes halogenated alkanes) is 1. The van der Waals surface area contributed by atoms with Crippen molar-refractivity contribution in [3.63, 3.8) is 0 Å². The van der Waals surface area contributed by atoms with Gasteiger partial charge in [0.15, 0.2) is 0 Å². The Morgan fingerprint density at radius 2 is 1.61 bits per heavy atom. The predicted molar refractivity (Wildman–Crippen MR) is 126 cm³/mol. The van der Waals surface area contributed by atoms with Crippen LogP contribution in [0.25, 0.3) is 5.76 Å². The summed E-state index contributed by atoms with van der Waals surface area (Å²) in [6.45, 7) is 6.21. The second kappa shape index (κ2) is 10.4. The summed E-state index contributed by atoms with van der Waals surface area (Å²) in [4.78, 5) is 27.9. The standard InChI is InChI=1S/C26H31NO6/c1-6-7-15-27-23(17-11-8-9-12-18(17)33-16(2)3)22(25(29)26(27)30)24(28)21-19(31-4)13-10-14-20(21)32-5/h8-14,16,23,28H,6-7,15H2,1-5H3/b24-22+. The number of nitrogens with zero attached hydrogens (tertiary/aromatic N) is 1. The Bertz CT molecular complexity index is 1040. The summed E-state index contributed by atoms with van der Waals surface area (Å²) >= 11 is 0. The summed E-state index contributed by atoms with van der Waals surface area (Å²) in [5.41, 5.74) is 0.846. The molecule has 1 unspecified atom stereocenters. The first kappa shape index (κ1) is 24.2. The lowest BCUT2D eigenvalue weighted by Gasteiger charge is -2.27. The van der Waals surface area contributed by atoms with Crippen LogP contribution in [0.1, 0.15) is 50.8 Å². The smallest absolute Gasteiger partial charge is 0.295 e. The van der Waals surface area contributed by atoms with Gasteiger partial charge < -0.3 is 24.2 Å². The zero-order valence-corrected chi connectivity index (χ0v) is 19.8. The second-order valence-corrected chi connectivity index (χ2v) is 8.09. The zero-order chi connectivity index (χ0) is 24.1. The number of aliphatic hydroxyl groups is 1. The topological polar surface area (TPSA) is 85.3 Å². The number of hydrogen-bond acceptors (Lipinski definition) is 6. The third-order valence-corrected chi connectivity index (χ3v) is 5.53. The summed E-state index contributed by atoms with van der Waals surface area (Å²) in [6, 6.07) is 11.5. The van der Waals surface area contributed by atoms with E-state index < -0.39 is 17.7 Å². The largest absolute Gasteiger partial charge is 0.506 e. The van der Waals surface area contributed by atoms with Crippen molar-refractivity contribution in [1.82, 2.24) is 4.90 Å². The molecule has 2 aromatic carbocycles. The van der Waals surface area contributed by atoms with E-state index in [2.05, 4.69) is 0 Å². The second-order valence-electron chi connectivity index (χ2n) is 8.09. The fourth-order valence-electron chi connectivity index (χ4n) is 4.05. The molecular formula is C26H31NO6. The Balaban J connectivity index is 2.30. The number of ether oxygens (including phenoxy) is 3. The number of para-hydroxylation sites is 1. The van der Waals surface area contributed by atoms with Crippen LogP contribution < -0.4 is 14.2 Å². The van der Waals surface area contributed by atoms with E-state index in [9.17, 15) is 14.7 Å². The number of carbonyl (C=O) groups excluding carboxylic acids is 2. The zero-order valence-electron chi connectivity index (χ0n) is 19.8. The van der Waals surface area contributed by atoms with E-state index in [4.69, 9.17) is 14.2 Å². The molecule has 3 rings (SSSR count). The van der Waals surface area contributed by atoms with Crippen LogP contribution in [0.5, 0.6) is 17.2 Å². The molecular weight excluding hydrogens is 422 g/mol. The Hall–Kier alpha value is -3.48. The SMILES string of the molecule is CCCCN1C(=O)C(=O)/C(=C(/O)c2c(OC)cccc2OC)C1c1ccccc1OC(C)C. The molecule has 0 bridgehead atoms. The van der Waals surface area contributed by atoms with E-state index in [0.717, 1.165) is 12.8 Å². The van der Waals surface area contributed by atoms with Crippen LogP contribution in [-0.2, 0) is 9.59 Å². The van der Waals surface area contributed by atoms with Crippen molar-refractivity contribution in [3.05, 3.63) is 59.2 Å². The minimum Gasteiger partial charge on any atom is -0.506 e. The van der Waals surface area contributed by atoms with Crippen LogP contribution >= 0.6 is 0 Å². The molecule has 1 atom stereocenters. The van der Waals surface area contributed by atoms with Gasteiger partial charge in [-0.15, -0.1) is 0 Å². The molecule has 1 aliphatic rings. The number of benzene rings is 2. The first-order chi connectivity index (χ1) is 15.8. The third-order valence-electron chi connectivity index (χ3n) is 5.53. The van der Waals surface area contributed by atoms with Crippen LogP contribution in [0.15, 0.2) is 48.0 Å². The Kier molecular flexibility index (Phi) is 7.63. The number of carbonyl (C=O) groups is 2. The lowest BCUT2D eigenvalue weighted by atomic mass is 9.94. The van der Waals surface area contributed by atoms with Crippen molar-refractivity contribution in [2.75, 3.05) is 20.8 Å². The molecule has 1 amide bonds. The molecule has 1 N–H and O–H groups in total. The maximum Gasteiger partial charge on any atom is 0.295 e. The van der Waals surface area contributed by atoms with Crippen molar-refractivity contribution >= 4 is 17.4 Å². The molecule has 7 nitrogen and oxygen atoms in total. The lowest BCUT2D eigenvalue weighted by Crippen LogP contribution is -2.31. The molecule has 1 heterocycles. The predicted octanol–water partition coefficient (Wildman–Crippen LogP) is 4.71. The quantitative estimate of drug-likeness (QED) is 0.336. The lowest BCUT2D eigenvalue weighted by molar-refractivity contribution is -0.139. The van der Waals surface area contributed by atoms with Crippen LogP contribution in [0, 0.1) is 0 Å². The molecule has 0 saturated carbocycles. The molecule has 2 aromatic rings. The molecule has 0 spiro atoms. The van der Waals surface area contributed by atoms with Gasteiger partial charge in [-0.25, -0.2) is 0 Å². The average molecular weight is 454 g/mol. The van der Waals surface area contributed by atoms with E-state index in [0.29, 0.717) is 29.4 Å². The van der Waals surface area contributed by atoms with Gasteiger partial charge in [0, 0.05) is 12.1 Å². The van der Waals surface area contributed by atoms with Gasteiger partial charge in [0.05, 0.1) is 31.9 Å². The van der Waals surface area contributed by atoms with Crippen LogP contribution in [0.4, 0.5) is 0 Å². The fourth-order valence-corrected chi connectivity index (χ4v) is 4.05. The van der Waals surface area contributed by atoms with Gasteiger partial charge in [0.25, 0.3) is 11.7 Å². The van der Waals surface area contributed by atoms with Gasteiger partial charge in [0.1, 0.15) is 28.6 Å². The van der Waals surface area contributed by atoms with E-state index in [1.807, 2.05) is 39.0 Å². The molecule has 0 aliphatic carbocycles. The fraction of sp³-hybridized carbons (Fsp3) is 0.385. The van der Waals surface area contributed by atoms with Gasteiger partial charge in [0.2, 0.25) is 0 Å². The molecule has 0 radical (unpaired) electrons. The molecule has 176 valence electrons. The number of methoxy groups -OCH3 is 2. The van der Waals surface area contributed by atoms with Gasteiger partial charge in [-0.05, 0) is 38.5 Å². The maximum absolute atomic E-state index is 13.3. The highest BCUT2D eigenvalue weighted by Crippen LogP contribution is 2.45.